The van der Waals surface area contributed by atoms with Gasteiger partial charge in [-0.15, -0.1) is 0 Å². The maximum atomic E-state index is 12.2. The second-order valence-corrected chi connectivity index (χ2v) is 5.62. The van der Waals surface area contributed by atoms with Crippen molar-refractivity contribution in [1.29, 1.82) is 0 Å². The first-order chi connectivity index (χ1) is 10.1. The Morgan fingerprint density at radius 2 is 1.71 bits per heavy atom. The highest BCUT2D eigenvalue weighted by atomic mass is 16.7. The van der Waals surface area contributed by atoms with Crippen LogP contribution < -0.4 is 0 Å². The van der Waals surface area contributed by atoms with Crippen molar-refractivity contribution < 1.29 is 14.3 Å². The van der Waals surface area contributed by atoms with Gasteiger partial charge < -0.3 is 9.47 Å². The third-order valence-electron chi connectivity index (χ3n) is 3.51. The topological polar surface area (TPSA) is 35.5 Å². The van der Waals surface area contributed by atoms with Gasteiger partial charge in [0.25, 0.3) is 5.79 Å². The van der Waals surface area contributed by atoms with Gasteiger partial charge in [-0.05, 0) is 12.0 Å². The van der Waals surface area contributed by atoms with Gasteiger partial charge in [0.1, 0.15) is 0 Å². The smallest absolute Gasteiger partial charge is 0.341 e. The Labute approximate surface area is 124 Å². The highest BCUT2D eigenvalue weighted by Gasteiger charge is 2.48. The van der Waals surface area contributed by atoms with Gasteiger partial charge in [0.15, 0.2) is 0 Å². The lowest BCUT2D eigenvalue weighted by atomic mass is 9.95. The third-order valence-corrected chi connectivity index (χ3v) is 3.51. The zero-order chi connectivity index (χ0) is 14.9. The van der Waals surface area contributed by atoms with Crippen LogP contribution in [0.3, 0.4) is 0 Å². The van der Waals surface area contributed by atoms with E-state index in [0.29, 0.717) is 18.1 Å². The first kappa shape index (κ1) is 13.8. The average molecular weight is 282 g/mol. The molecule has 0 bridgehead atoms. The summed E-state index contributed by atoms with van der Waals surface area (Å²) in [6.07, 6.45) is 0. The zero-order valence-electron chi connectivity index (χ0n) is 12.2. The number of ether oxygens (including phenoxy) is 2. The molecule has 3 rings (SSSR count). The van der Waals surface area contributed by atoms with Crippen molar-refractivity contribution in [3.8, 4) is 0 Å². The van der Waals surface area contributed by atoms with Crippen molar-refractivity contribution in [2.24, 2.45) is 5.92 Å². The minimum absolute atomic E-state index is 0.335. The van der Waals surface area contributed by atoms with Gasteiger partial charge in [-0.1, -0.05) is 62.4 Å². The van der Waals surface area contributed by atoms with Crippen LogP contribution in [-0.4, -0.2) is 12.6 Å². The molecular weight excluding hydrogens is 264 g/mol. The molecule has 1 aliphatic rings. The molecule has 0 amide bonds. The van der Waals surface area contributed by atoms with E-state index < -0.39 is 5.79 Å². The summed E-state index contributed by atoms with van der Waals surface area (Å²) < 4.78 is 11.8. The number of carbonyl (C=O) groups is 1. The van der Waals surface area contributed by atoms with Gasteiger partial charge >= 0.3 is 5.97 Å². The highest BCUT2D eigenvalue weighted by Crippen LogP contribution is 2.43. The highest BCUT2D eigenvalue weighted by molar-refractivity contribution is 5.95. The van der Waals surface area contributed by atoms with Crippen molar-refractivity contribution in [2.75, 3.05) is 6.61 Å². The van der Waals surface area contributed by atoms with E-state index in [1.165, 1.54) is 0 Å². The minimum atomic E-state index is -1.13. The molecule has 21 heavy (non-hydrogen) atoms. The fraction of sp³-hybridized carbons (Fsp3) is 0.278. The summed E-state index contributed by atoms with van der Waals surface area (Å²) >= 11 is 0. The second kappa shape index (κ2) is 5.34. The van der Waals surface area contributed by atoms with Gasteiger partial charge in [0, 0.05) is 11.1 Å². The average Bonchev–Trinajstić information content (AvgIpc) is 2.80. The van der Waals surface area contributed by atoms with Crippen LogP contribution in [0.2, 0.25) is 0 Å². The molecule has 1 heterocycles. The predicted molar refractivity (Wildman–Crippen MR) is 79.9 cm³/mol. The third kappa shape index (κ3) is 2.34. The van der Waals surface area contributed by atoms with Gasteiger partial charge in [-0.25, -0.2) is 4.79 Å². The maximum absolute atomic E-state index is 12.2. The van der Waals surface area contributed by atoms with Crippen molar-refractivity contribution in [1.82, 2.24) is 0 Å². The lowest BCUT2D eigenvalue weighted by Gasteiger charge is -2.30. The van der Waals surface area contributed by atoms with Gasteiger partial charge in [0.2, 0.25) is 0 Å². The molecular formula is C18H18O3. The zero-order valence-corrected chi connectivity index (χ0v) is 12.2. The lowest BCUT2D eigenvalue weighted by molar-refractivity contribution is -0.179. The van der Waals surface area contributed by atoms with E-state index >= 15 is 0 Å². The summed E-state index contributed by atoms with van der Waals surface area (Å²) in [4.78, 5) is 12.2. The summed E-state index contributed by atoms with van der Waals surface area (Å²) in [5, 5.41) is 0. The summed E-state index contributed by atoms with van der Waals surface area (Å²) in [5.74, 6) is -1.12. The van der Waals surface area contributed by atoms with E-state index in [9.17, 15) is 4.79 Å². The lowest BCUT2D eigenvalue weighted by Crippen LogP contribution is -2.32. The summed E-state index contributed by atoms with van der Waals surface area (Å²) in [6.45, 7) is 4.65. The molecule has 1 aliphatic heterocycles. The van der Waals surface area contributed by atoms with E-state index in [4.69, 9.17) is 9.47 Å². The van der Waals surface area contributed by atoms with E-state index in [1.807, 2.05) is 48.5 Å². The number of carbonyl (C=O) groups excluding carboxylic acids is 1. The van der Waals surface area contributed by atoms with Crippen LogP contribution in [0.15, 0.2) is 54.6 Å². The number of benzene rings is 2. The van der Waals surface area contributed by atoms with Crippen LogP contribution in [0.5, 0.6) is 0 Å². The van der Waals surface area contributed by atoms with E-state index in [2.05, 4.69) is 13.8 Å². The quantitative estimate of drug-likeness (QED) is 0.802. The number of esters is 1. The number of hydrogen-bond donors (Lipinski definition) is 0. The summed E-state index contributed by atoms with van der Waals surface area (Å²) in [5.41, 5.74) is 2.19. The molecule has 0 aliphatic carbocycles. The normalized spacial score (nSPS) is 20.4. The number of cyclic esters (lactones) is 1. The van der Waals surface area contributed by atoms with Crippen molar-refractivity contribution in [3.05, 3.63) is 71.3 Å². The van der Waals surface area contributed by atoms with E-state index in [1.54, 1.807) is 6.07 Å². The van der Waals surface area contributed by atoms with E-state index in [0.717, 1.165) is 11.1 Å². The Bertz CT molecular complexity index is 649. The molecule has 108 valence electrons. The largest absolute Gasteiger partial charge is 0.420 e. The Hall–Kier alpha value is -2.13. The van der Waals surface area contributed by atoms with Crippen molar-refractivity contribution >= 4 is 5.97 Å². The van der Waals surface area contributed by atoms with Crippen molar-refractivity contribution in [2.45, 2.75) is 19.6 Å². The SMILES string of the molecule is CC(C)CO[C@]1(c2ccccc2)OC(=O)c2ccccc21. The minimum Gasteiger partial charge on any atom is -0.420 e. The molecule has 0 radical (unpaired) electrons. The standard InChI is InChI=1S/C18H18O3/c1-13(2)12-20-18(14-8-4-3-5-9-14)16-11-7-6-10-15(16)17(19)21-18/h3-11,13H,12H2,1-2H3/t18-/m1/s1. The van der Waals surface area contributed by atoms with Crippen LogP contribution in [0, 0.1) is 5.92 Å². The molecule has 0 spiro atoms. The molecule has 0 N–H and O–H groups in total. The van der Waals surface area contributed by atoms with Crippen LogP contribution in [0.4, 0.5) is 0 Å². The van der Waals surface area contributed by atoms with Crippen LogP contribution in [-0.2, 0) is 15.3 Å². The molecule has 0 saturated carbocycles. The van der Waals surface area contributed by atoms with Gasteiger partial charge in [-0.2, -0.15) is 0 Å². The van der Waals surface area contributed by atoms with Crippen molar-refractivity contribution in [3.63, 3.8) is 0 Å². The summed E-state index contributed by atoms with van der Waals surface area (Å²) in [6, 6.07) is 17.0. The van der Waals surface area contributed by atoms with E-state index in [-0.39, 0.29) is 5.97 Å². The maximum Gasteiger partial charge on any atom is 0.341 e. The Morgan fingerprint density at radius 3 is 2.43 bits per heavy atom. The van der Waals surface area contributed by atoms with Gasteiger partial charge in [0.05, 0.1) is 12.2 Å². The Kier molecular flexibility index (Phi) is 3.52. The second-order valence-electron chi connectivity index (χ2n) is 5.62. The van der Waals surface area contributed by atoms with Crippen LogP contribution in [0.1, 0.15) is 35.3 Å². The fourth-order valence-corrected chi connectivity index (χ4v) is 2.54. The van der Waals surface area contributed by atoms with Crippen LogP contribution >= 0.6 is 0 Å². The molecule has 2 aromatic carbocycles. The fourth-order valence-electron chi connectivity index (χ4n) is 2.54. The number of rotatable bonds is 4. The Balaban J connectivity index is 2.13. The molecule has 0 saturated heterocycles. The predicted octanol–water partition coefficient (Wildman–Crippen LogP) is 3.73. The molecule has 3 nitrogen and oxygen atoms in total. The summed E-state index contributed by atoms with van der Waals surface area (Å²) in [7, 11) is 0. The Morgan fingerprint density at radius 1 is 1.05 bits per heavy atom. The van der Waals surface area contributed by atoms with Gasteiger partial charge in [-0.3, -0.25) is 0 Å². The monoisotopic (exact) mass is 282 g/mol. The molecule has 0 fully saturated rings. The molecule has 0 aromatic heterocycles. The number of hydrogen-bond acceptors (Lipinski definition) is 3. The first-order valence-corrected chi connectivity index (χ1v) is 7.16. The molecule has 2 aromatic rings. The first-order valence-electron chi connectivity index (χ1n) is 7.16. The molecule has 3 heteroatoms. The number of fused-ring (bicyclic) bond motifs is 1. The molecule has 1 atom stereocenters. The van der Waals surface area contributed by atoms with Crippen LogP contribution in [0.25, 0.3) is 0 Å². The molecule has 0 unspecified atom stereocenters.